The van der Waals surface area contributed by atoms with Crippen molar-refractivity contribution in [2.24, 2.45) is 0 Å². The van der Waals surface area contributed by atoms with Gasteiger partial charge in [0.25, 0.3) is 0 Å². The Morgan fingerprint density at radius 3 is 1.58 bits per heavy atom. The number of carboxylic acid groups (broad SMARTS) is 1. The Hall–Kier alpha value is -0.870. The summed E-state index contributed by atoms with van der Waals surface area (Å²) in [4.78, 5) is 11.0. The summed E-state index contributed by atoms with van der Waals surface area (Å²) in [6, 6.07) is 4.32. The molecule has 1 aromatic rings. The van der Waals surface area contributed by atoms with E-state index < -0.39 is 5.97 Å². The molecule has 1 aliphatic rings. The largest absolute Gasteiger partial charge is 1.00 e. The van der Waals surface area contributed by atoms with Gasteiger partial charge in [-0.15, -0.1) is 0 Å². The first-order valence-electron chi connectivity index (χ1n) is 8.19. The van der Waals surface area contributed by atoms with Crippen molar-refractivity contribution in [1.82, 2.24) is 0 Å². The van der Waals surface area contributed by atoms with Crippen LogP contribution >= 0.6 is 0 Å². The van der Waals surface area contributed by atoms with Crippen molar-refractivity contribution < 1.29 is 67.9 Å². The first-order chi connectivity index (χ1) is 12.3. The van der Waals surface area contributed by atoms with E-state index in [2.05, 4.69) is 0 Å². The van der Waals surface area contributed by atoms with Gasteiger partial charge in [-0.05, 0) is 18.2 Å². The van der Waals surface area contributed by atoms with Gasteiger partial charge in [0.15, 0.2) is 11.5 Å². The number of rotatable bonds is 1. The topological polar surface area (TPSA) is 95.5 Å². The van der Waals surface area contributed by atoms with Crippen molar-refractivity contribution >= 4 is 5.97 Å². The molecule has 26 heavy (non-hydrogen) atoms. The summed E-state index contributed by atoms with van der Waals surface area (Å²) >= 11 is 0. The number of carbonyl (C=O) groups excluding carboxylic acids is 1. The van der Waals surface area contributed by atoms with E-state index in [-0.39, 0.29) is 41.7 Å². The summed E-state index contributed by atoms with van der Waals surface area (Å²) in [6.45, 7) is 4.15. The summed E-state index contributed by atoms with van der Waals surface area (Å²) in [5, 5.41) is 11.0. The summed E-state index contributed by atoms with van der Waals surface area (Å²) < 4.78 is 32.7. The average Bonchev–Trinajstić information content (AvgIpc) is 2.61. The third kappa shape index (κ3) is 9.18. The van der Waals surface area contributed by atoms with E-state index in [0.717, 1.165) is 0 Å². The Kier molecular flexibility index (Phi) is 12.7. The molecule has 1 heterocycles. The van der Waals surface area contributed by atoms with Crippen molar-refractivity contribution in [3.8, 4) is 11.5 Å². The van der Waals surface area contributed by atoms with Gasteiger partial charge in [-0.25, -0.2) is 0 Å². The molecule has 0 aliphatic carbocycles. The molecule has 0 amide bonds. The molecule has 1 aliphatic heterocycles. The summed E-state index contributed by atoms with van der Waals surface area (Å²) in [5.74, 6) is -0.511. The number of hydrogen-bond acceptors (Lipinski definition) is 8. The Morgan fingerprint density at radius 1 is 0.692 bits per heavy atom. The minimum atomic E-state index is -1.28. The van der Waals surface area contributed by atoms with Crippen molar-refractivity contribution in [2.45, 2.75) is 0 Å². The van der Waals surface area contributed by atoms with Crippen LogP contribution in [0.4, 0.5) is 0 Å². The van der Waals surface area contributed by atoms with Crippen LogP contribution < -0.4 is 44.1 Å². The maximum absolute atomic E-state index is 11.0. The SMILES string of the molecule is O=C([O-])c1ccc2c(c1)OCCOCCOCCOCCOCCO2.[Na+]. The van der Waals surface area contributed by atoms with E-state index in [4.69, 9.17) is 28.4 Å². The maximum Gasteiger partial charge on any atom is 1.00 e. The number of hydrogen-bond donors (Lipinski definition) is 0. The van der Waals surface area contributed by atoms with Gasteiger partial charge >= 0.3 is 29.6 Å². The van der Waals surface area contributed by atoms with Gasteiger partial charge in [-0.1, -0.05) is 0 Å². The Labute approximate surface area is 174 Å². The molecule has 8 nitrogen and oxygen atoms in total. The predicted octanol–water partition coefficient (Wildman–Crippen LogP) is -3.11. The van der Waals surface area contributed by atoms with Crippen LogP contribution in [0.1, 0.15) is 10.4 Å². The molecule has 140 valence electrons. The molecule has 2 rings (SSSR count). The van der Waals surface area contributed by atoms with Gasteiger partial charge < -0.3 is 38.3 Å². The van der Waals surface area contributed by atoms with Gasteiger partial charge in [0, 0.05) is 5.56 Å². The Balaban J connectivity index is 0.00000338. The standard InChI is InChI=1S/C17H24O8.Na/c18-17(19)14-1-2-15-16(13-14)25-12-10-23-8-6-21-4-3-20-5-7-22-9-11-24-15;/h1-2,13H,3-12H2,(H,18,19);/q;+1/p-1. The normalized spacial score (nSPS) is 18.0. The monoisotopic (exact) mass is 378 g/mol. The zero-order chi connectivity index (χ0) is 17.7. The van der Waals surface area contributed by atoms with Gasteiger partial charge in [-0.3, -0.25) is 0 Å². The molecule has 0 spiro atoms. The average molecular weight is 378 g/mol. The number of ether oxygens (including phenoxy) is 6. The molecule has 9 heteroatoms. The molecule has 0 unspecified atom stereocenters. The second-order valence-electron chi connectivity index (χ2n) is 5.10. The Bertz CT molecular complexity index is 525. The van der Waals surface area contributed by atoms with E-state index >= 15 is 0 Å². The first-order valence-corrected chi connectivity index (χ1v) is 8.19. The number of benzene rings is 1. The molecule has 1 aromatic carbocycles. The second kappa shape index (κ2) is 14.2. The van der Waals surface area contributed by atoms with Gasteiger partial charge in [0.1, 0.15) is 13.2 Å². The first kappa shape index (κ1) is 23.2. The van der Waals surface area contributed by atoms with Gasteiger partial charge in [0.05, 0.1) is 58.8 Å². The Morgan fingerprint density at radius 2 is 1.12 bits per heavy atom. The number of carboxylic acids is 1. The fraction of sp³-hybridized carbons (Fsp3) is 0.588. The van der Waals surface area contributed by atoms with Crippen molar-refractivity contribution in [3.05, 3.63) is 23.8 Å². The molecule has 0 saturated heterocycles. The molecular formula is C17H23NaO8. The van der Waals surface area contributed by atoms with Crippen molar-refractivity contribution in [1.29, 1.82) is 0 Å². The van der Waals surface area contributed by atoms with Crippen LogP contribution in [0.3, 0.4) is 0 Å². The van der Waals surface area contributed by atoms with Crippen LogP contribution in [0.15, 0.2) is 18.2 Å². The van der Waals surface area contributed by atoms with Gasteiger partial charge in [0.2, 0.25) is 0 Å². The number of carbonyl (C=O) groups is 1. The fourth-order valence-corrected chi connectivity index (χ4v) is 2.05. The summed E-state index contributed by atoms with van der Waals surface area (Å²) in [7, 11) is 0. The van der Waals surface area contributed by atoms with Crippen molar-refractivity contribution in [3.63, 3.8) is 0 Å². The predicted molar refractivity (Wildman–Crippen MR) is 85.0 cm³/mol. The molecular weight excluding hydrogens is 355 g/mol. The van der Waals surface area contributed by atoms with Crippen LogP contribution in [0.2, 0.25) is 0 Å². The summed E-state index contributed by atoms with van der Waals surface area (Å²) in [6.07, 6.45) is 0. The quantitative estimate of drug-likeness (QED) is 0.474. The zero-order valence-electron chi connectivity index (χ0n) is 15.1. The molecule has 0 atom stereocenters. The molecule has 0 aromatic heterocycles. The zero-order valence-corrected chi connectivity index (χ0v) is 17.1. The van der Waals surface area contributed by atoms with Crippen LogP contribution in [-0.2, 0) is 18.9 Å². The van der Waals surface area contributed by atoms with Crippen LogP contribution in [0, 0.1) is 0 Å². The molecule has 0 bridgehead atoms. The van der Waals surface area contributed by atoms with Crippen LogP contribution in [-0.4, -0.2) is 72.0 Å². The third-order valence-corrected chi connectivity index (χ3v) is 3.27. The van der Waals surface area contributed by atoms with Gasteiger partial charge in [-0.2, -0.15) is 0 Å². The third-order valence-electron chi connectivity index (χ3n) is 3.27. The van der Waals surface area contributed by atoms with E-state index in [0.29, 0.717) is 71.0 Å². The number of fused-ring (bicyclic) bond motifs is 1. The minimum Gasteiger partial charge on any atom is -0.545 e. The molecule has 0 saturated carbocycles. The smallest absolute Gasteiger partial charge is 0.545 e. The van der Waals surface area contributed by atoms with E-state index in [1.165, 1.54) is 18.2 Å². The number of aromatic carboxylic acids is 1. The second-order valence-corrected chi connectivity index (χ2v) is 5.10. The van der Waals surface area contributed by atoms with E-state index in [1.807, 2.05) is 0 Å². The molecule has 0 radical (unpaired) electrons. The molecule has 0 fully saturated rings. The fourth-order valence-electron chi connectivity index (χ4n) is 2.05. The van der Waals surface area contributed by atoms with E-state index in [9.17, 15) is 9.90 Å². The summed E-state index contributed by atoms with van der Waals surface area (Å²) in [5.41, 5.74) is 0.0206. The van der Waals surface area contributed by atoms with E-state index in [1.54, 1.807) is 0 Å². The minimum absolute atomic E-state index is 0. The van der Waals surface area contributed by atoms with Crippen molar-refractivity contribution in [2.75, 3.05) is 66.1 Å². The van der Waals surface area contributed by atoms with Crippen LogP contribution in [0.25, 0.3) is 0 Å². The van der Waals surface area contributed by atoms with Crippen LogP contribution in [0.5, 0.6) is 11.5 Å². The maximum atomic E-state index is 11.0. The molecule has 0 N–H and O–H groups in total.